The lowest BCUT2D eigenvalue weighted by Gasteiger charge is -2.18. The second-order valence-corrected chi connectivity index (χ2v) is 5.35. The van der Waals surface area contributed by atoms with Crippen LogP contribution >= 0.6 is 0 Å². The molecule has 0 atom stereocenters. The van der Waals surface area contributed by atoms with Gasteiger partial charge in [-0.05, 0) is 37.8 Å². The van der Waals surface area contributed by atoms with Crippen LogP contribution in [-0.4, -0.2) is 10.7 Å². The molecule has 1 fully saturated rings. The Balaban J connectivity index is 2.20. The lowest BCUT2D eigenvalue weighted by Crippen LogP contribution is -2.23. The van der Waals surface area contributed by atoms with Gasteiger partial charge in [-0.1, -0.05) is 24.3 Å². The van der Waals surface area contributed by atoms with Gasteiger partial charge < -0.3 is 10.8 Å². The van der Waals surface area contributed by atoms with Gasteiger partial charge in [-0.25, -0.2) is 0 Å². The third-order valence-corrected chi connectivity index (χ3v) is 2.93. The maximum atomic E-state index is 9.75. The van der Waals surface area contributed by atoms with Crippen LogP contribution in [0.3, 0.4) is 0 Å². The van der Waals surface area contributed by atoms with Gasteiger partial charge in [0.25, 0.3) is 0 Å². The maximum absolute atomic E-state index is 9.75. The zero-order valence-electron chi connectivity index (χ0n) is 9.46. The van der Waals surface area contributed by atoms with E-state index in [0.717, 1.165) is 18.4 Å². The molecule has 0 aliphatic heterocycles. The number of hydrogen-bond acceptors (Lipinski definition) is 2. The largest absolute Gasteiger partial charge is 0.390 e. The van der Waals surface area contributed by atoms with Crippen LogP contribution in [0.5, 0.6) is 0 Å². The van der Waals surface area contributed by atoms with Crippen molar-refractivity contribution < 1.29 is 5.11 Å². The molecule has 0 radical (unpaired) electrons. The molecule has 0 amide bonds. The number of hydrogen-bond donors (Lipinski definition) is 2. The second-order valence-electron chi connectivity index (χ2n) is 5.35. The summed E-state index contributed by atoms with van der Waals surface area (Å²) in [4.78, 5) is 0. The zero-order valence-corrected chi connectivity index (χ0v) is 9.46. The molecule has 0 saturated heterocycles. The molecule has 2 heteroatoms. The van der Waals surface area contributed by atoms with Crippen LogP contribution in [0.4, 0.5) is 0 Å². The van der Waals surface area contributed by atoms with Crippen LogP contribution in [0.15, 0.2) is 24.3 Å². The average Bonchev–Trinajstić information content (AvgIpc) is 2.82. The van der Waals surface area contributed by atoms with E-state index < -0.39 is 5.60 Å². The van der Waals surface area contributed by atoms with Crippen LogP contribution in [0.1, 0.15) is 37.8 Å². The summed E-state index contributed by atoms with van der Waals surface area (Å²) in [5.41, 5.74) is 7.79. The van der Waals surface area contributed by atoms with E-state index in [1.165, 1.54) is 5.56 Å². The van der Waals surface area contributed by atoms with Crippen LogP contribution in [0.2, 0.25) is 0 Å². The predicted octanol–water partition coefficient (Wildman–Crippen LogP) is 1.95. The van der Waals surface area contributed by atoms with Crippen molar-refractivity contribution in [3.05, 3.63) is 35.4 Å². The summed E-state index contributed by atoms with van der Waals surface area (Å²) in [6.45, 7) is 3.66. The Morgan fingerprint density at radius 1 is 1.40 bits per heavy atom. The number of aliphatic hydroxyl groups is 1. The zero-order chi connectivity index (χ0) is 11.1. The first kappa shape index (κ1) is 10.7. The van der Waals surface area contributed by atoms with Crippen molar-refractivity contribution in [3.8, 4) is 0 Å². The van der Waals surface area contributed by atoms with Gasteiger partial charge in [0.1, 0.15) is 0 Å². The molecule has 0 spiro atoms. The van der Waals surface area contributed by atoms with E-state index in [0.29, 0.717) is 6.42 Å². The maximum Gasteiger partial charge on any atom is 0.0631 e. The van der Waals surface area contributed by atoms with E-state index in [1.54, 1.807) is 0 Å². The quantitative estimate of drug-likeness (QED) is 0.792. The monoisotopic (exact) mass is 205 g/mol. The first-order valence-corrected chi connectivity index (χ1v) is 5.50. The van der Waals surface area contributed by atoms with Crippen LogP contribution in [0, 0.1) is 0 Å². The van der Waals surface area contributed by atoms with Crippen molar-refractivity contribution in [1.29, 1.82) is 0 Å². The molecule has 1 aromatic rings. The van der Waals surface area contributed by atoms with Gasteiger partial charge in [-0.2, -0.15) is 0 Å². The highest BCUT2D eigenvalue weighted by Gasteiger charge is 2.39. The molecule has 2 rings (SSSR count). The molecule has 0 heterocycles. The molecule has 2 nitrogen and oxygen atoms in total. The molecule has 1 aliphatic carbocycles. The lowest BCUT2D eigenvalue weighted by molar-refractivity contribution is 0.0810. The fourth-order valence-corrected chi connectivity index (χ4v) is 1.91. The summed E-state index contributed by atoms with van der Waals surface area (Å²) in [5, 5.41) is 9.75. The van der Waals surface area contributed by atoms with Gasteiger partial charge >= 0.3 is 0 Å². The summed E-state index contributed by atoms with van der Waals surface area (Å²) in [7, 11) is 0. The highest BCUT2D eigenvalue weighted by Crippen LogP contribution is 2.42. The van der Waals surface area contributed by atoms with E-state index in [4.69, 9.17) is 5.73 Å². The normalized spacial score (nSPS) is 18.9. The van der Waals surface area contributed by atoms with E-state index in [1.807, 2.05) is 26.0 Å². The molecule has 0 bridgehead atoms. The molecule has 15 heavy (non-hydrogen) atoms. The Bertz CT molecular complexity index is 361. The van der Waals surface area contributed by atoms with Crippen molar-refractivity contribution in [2.24, 2.45) is 5.73 Å². The fourth-order valence-electron chi connectivity index (χ4n) is 1.91. The summed E-state index contributed by atoms with van der Waals surface area (Å²) in [6.07, 6.45) is 2.84. The molecule has 1 aliphatic rings. The third-order valence-electron chi connectivity index (χ3n) is 2.93. The number of nitrogens with two attached hydrogens (primary N) is 1. The Morgan fingerprint density at radius 3 is 2.60 bits per heavy atom. The molecule has 0 unspecified atom stereocenters. The SMILES string of the molecule is CC(C)(O)Cc1cccc(C2(N)CC2)c1. The topological polar surface area (TPSA) is 46.2 Å². The van der Waals surface area contributed by atoms with E-state index in [-0.39, 0.29) is 5.54 Å². The summed E-state index contributed by atoms with van der Waals surface area (Å²) < 4.78 is 0. The lowest BCUT2D eigenvalue weighted by atomic mass is 9.95. The molecule has 1 aromatic carbocycles. The van der Waals surface area contributed by atoms with Crippen LogP contribution in [-0.2, 0) is 12.0 Å². The van der Waals surface area contributed by atoms with Gasteiger partial charge in [0.15, 0.2) is 0 Å². The molecule has 1 saturated carbocycles. The summed E-state index contributed by atoms with van der Waals surface area (Å²) in [5.74, 6) is 0. The van der Waals surface area contributed by atoms with Gasteiger partial charge in [0.05, 0.1) is 5.60 Å². The van der Waals surface area contributed by atoms with Crippen molar-refractivity contribution >= 4 is 0 Å². The average molecular weight is 205 g/mol. The smallest absolute Gasteiger partial charge is 0.0631 e. The van der Waals surface area contributed by atoms with Gasteiger partial charge in [-0.3, -0.25) is 0 Å². The Kier molecular flexibility index (Phi) is 2.36. The molecular weight excluding hydrogens is 186 g/mol. The van der Waals surface area contributed by atoms with E-state index >= 15 is 0 Å². The minimum Gasteiger partial charge on any atom is -0.390 e. The molecule has 0 aromatic heterocycles. The minimum atomic E-state index is -0.649. The van der Waals surface area contributed by atoms with Crippen LogP contribution < -0.4 is 5.73 Å². The van der Waals surface area contributed by atoms with Crippen molar-refractivity contribution in [1.82, 2.24) is 0 Å². The van der Waals surface area contributed by atoms with Crippen molar-refractivity contribution in [3.63, 3.8) is 0 Å². The van der Waals surface area contributed by atoms with Gasteiger partial charge in [0.2, 0.25) is 0 Å². The standard InChI is InChI=1S/C13H19NO/c1-12(2,15)9-10-4-3-5-11(8-10)13(14)6-7-13/h3-5,8,15H,6-7,9,14H2,1-2H3. The third kappa shape index (κ3) is 2.58. The van der Waals surface area contributed by atoms with Gasteiger partial charge in [-0.15, -0.1) is 0 Å². The van der Waals surface area contributed by atoms with Crippen molar-refractivity contribution in [2.45, 2.75) is 44.2 Å². The van der Waals surface area contributed by atoms with E-state index in [9.17, 15) is 5.11 Å². The van der Waals surface area contributed by atoms with Crippen molar-refractivity contribution in [2.75, 3.05) is 0 Å². The minimum absolute atomic E-state index is 0.0738. The second kappa shape index (κ2) is 3.32. The summed E-state index contributed by atoms with van der Waals surface area (Å²) in [6, 6.07) is 8.29. The molecule has 3 N–H and O–H groups in total. The Morgan fingerprint density at radius 2 is 2.07 bits per heavy atom. The Labute approximate surface area is 91.1 Å². The van der Waals surface area contributed by atoms with Crippen LogP contribution in [0.25, 0.3) is 0 Å². The Hall–Kier alpha value is -0.860. The predicted molar refractivity (Wildman–Crippen MR) is 61.5 cm³/mol. The van der Waals surface area contributed by atoms with Gasteiger partial charge in [0, 0.05) is 12.0 Å². The first-order valence-electron chi connectivity index (χ1n) is 5.50. The fraction of sp³-hybridized carbons (Fsp3) is 0.538. The molecular formula is C13H19NO. The highest BCUT2D eigenvalue weighted by molar-refractivity contribution is 5.33. The summed E-state index contributed by atoms with van der Waals surface area (Å²) >= 11 is 0. The first-order chi connectivity index (χ1) is 6.89. The number of rotatable bonds is 3. The highest BCUT2D eigenvalue weighted by atomic mass is 16.3. The molecule has 82 valence electrons. The number of benzene rings is 1. The van der Waals surface area contributed by atoms with E-state index in [2.05, 4.69) is 12.1 Å².